The van der Waals surface area contributed by atoms with E-state index in [1.54, 1.807) is 19.1 Å². The van der Waals surface area contributed by atoms with Crippen LogP contribution in [-0.2, 0) is 24.1 Å². The Hall–Kier alpha value is -3.02. The molecule has 1 aliphatic rings. The average Bonchev–Trinajstić information content (AvgIpc) is 2.81. The summed E-state index contributed by atoms with van der Waals surface area (Å²) in [6, 6.07) is 7.40. The fourth-order valence-electron chi connectivity index (χ4n) is 4.35. The fraction of sp³-hybridized carbons (Fsp3) is 0.500. The first-order valence-electron chi connectivity index (χ1n) is 12.3. The van der Waals surface area contributed by atoms with Crippen LogP contribution in [0.4, 0.5) is 0 Å². The Labute approximate surface area is 202 Å². The van der Waals surface area contributed by atoms with Crippen molar-refractivity contribution >= 4 is 11.6 Å². The van der Waals surface area contributed by atoms with Gasteiger partial charge in [-0.2, -0.15) is 0 Å². The van der Waals surface area contributed by atoms with Crippen molar-refractivity contribution in [2.24, 2.45) is 0 Å². The number of carbonyl (C=O) groups is 2. The van der Waals surface area contributed by atoms with E-state index in [1.165, 1.54) is 6.92 Å². The first kappa shape index (κ1) is 25.6. The van der Waals surface area contributed by atoms with Crippen LogP contribution in [0.2, 0.25) is 0 Å². The molecule has 0 spiro atoms. The Morgan fingerprint density at radius 1 is 0.971 bits per heavy atom. The third kappa shape index (κ3) is 5.91. The topological polar surface area (TPSA) is 82.1 Å². The predicted octanol–water partition coefficient (Wildman–Crippen LogP) is 5.63. The number of ketones is 2. The molecule has 0 saturated carbocycles. The molecule has 6 heteroatoms. The van der Waals surface area contributed by atoms with E-state index in [-0.39, 0.29) is 23.4 Å². The number of rotatable bonds is 12. The van der Waals surface area contributed by atoms with E-state index in [1.807, 2.05) is 19.1 Å². The number of hydrogen-bond donors (Lipinski definition) is 1. The minimum absolute atomic E-state index is 0.0187. The number of phenols is 1. The zero-order valence-corrected chi connectivity index (χ0v) is 20.7. The molecule has 2 aromatic rings. The molecular weight excluding hydrogens is 432 g/mol. The van der Waals surface area contributed by atoms with Gasteiger partial charge in [-0.25, -0.2) is 0 Å². The molecule has 1 heterocycles. The lowest BCUT2D eigenvalue weighted by atomic mass is 9.95. The van der Waals surface area contributed by atoms with Crippen LogP contribution < -0.4 is 14.2 Å². The molecule has 0 bridgehead atoms. The third-order valence-corrected chi connectivity index (χ3v) is 6.11. The first-order valence-corrected chi connectivity index (χ1v) is 12.3. The number of aromatic hydroxyl groups is 1. The van der Waals surface area contributed by atoms with Gasteiger partial charge in [0, 0.05) is 17.5 Å². The number of ether oxygens (including phenoxy) is 3. The van der Waals surface area contributed by atoms with Crippen molar-refractivity contribution in [3.05, 3.63) is 46.5 Å². The Morgan fingerprint density at radius 3 is 2.21 bits per heavy atom. The van der Waals surface area contributed by atoms with Crippen LogP contribution in [0.15, 0.2) is 24.3 Å². The molecule has 34 heavy (non-hydrogen) atoms. The van der Waals surface area contributed by atoms with Crippen molar-refractivity contribution in [2.45, 2.75) is 78.7 Å². The van der Waals surface area contributed by atoms with Gasteiger partial charge in [0.25, 0.3) is 0 Å². The highest BCUT2D eigenvalue weighted by atomic mass is 16.5. The van der Waals surface area contributed by atoms with Gasteiger partial charge in [-0.3, -0.25) is 9.59 Å². The first-order chi connectivity index (χ1) is 16.4. The van der Waals surface area contributed by atoms with E-state index in [4.69, 9.17) is 14.2 Å². The Bertz CT molecular complexity index is 1030. The largest absolute Gasteiger partial charge is 0.507 e. The highest BCUT2D eigenvalue weighted by Crippen LogP contribution is 2.38. The van der Waals surface area contributed by atoms with Gasteiger partial charge >= 0.3 is 0 Å². The summed E-state index contributed by atoms with van der Waals surface area (Å²) >= 11 is 0. The standard InChI is InChI=1S/C28H36O6/c1-5-8-22-25(15-12-21(18(3)29)27(22)31)32-16-7-17-33-26-14-11-20-10-13-24(19(4)30)34-28(20)23(26)9-6-2/h11-12,14-15,24,31H,5-10,13,16-17H2,1-4H3. The minimum Gasteiger partial charge on any atom is -0.507 e. The van der Waals surface area contributed by atoms with Gasteiger partial charge in [0.05, 0.1) is 18.8 Å². The number of benzene rings is 2. The molecular formula is C28H36O6. The van der Waals surface area contributed by atoms with Crippen LogP contribution in [0.3, 0.4) is 0 Å². The van der Waals surface area contributed by atoms with E-state index in [2.05, 4.69) is 6.92 Å². The van der Waals surface area contributed by atoms with Crippen molar-refractivity contribution < 1.29 is 28.9 Å². The summed E-state index contributed by atoms with van der Waals surface area (Å²) in [7, 11) is 0. The van der Waals surface area contributed by atoms with Gasteiger partial charge in [0.15, 0.2) is 17.7 Å². The smallest absolute Gasteiger partial charge is 0.170 e. The van der Waals surface area contributed by atoms with Crippen LogP contribution in [0.25, 0.3) is 0 Å². The molecule has 184 valence electrons. The summed E-state index contributed by atoms with van der Waals surface area (Å²) in [5.74, 6) is 2.12. The third-order valence-electron chi connectivity index (χ3n) is 6.11. The highest BCUT2D eigenvalue weighted by Gasteiger charge is 2.27. The second-order valence-electron chi connectivity index (χ2n) is 8.83. The van der Waals surface area contributed by atoms with Gasteiger partial charge in [-0.1, -0.05) is 32.8 Å². The molecule has 1 N–H and O–H groups in total. The normalized spacial score (nSPS) is 14.8. The van der Waals surface area contributed by atoms with E-state index in [0.717, 1.165) is 48.3 Å². The fourth-order valence-corrected chi connectivity index (χ4v) is 4.35. The summed E-state index contributed by atoms with van der Waals surface area (Å²) in [5, 5.41) is 10.5. The number of Topliss-reactive ketones (excluding diaryl/α,β-unsaturated/α-hetero) is 2. The summed E-state index contributed by atoms with van der Waals surface area (Å²) in [6.07, 6.45) is 5.06. The number of fused-ring (bicyclic) bond motifs is 1. The van der Waals surface area contributed by atoms with Crippen molar-refractivity contribution in [3.63, 3.8) is 0 Å². The summed E-state index contributed by atoms with van der Waals surface area (Å²) in [6.45, 7) is 8.05. The molecule has 6 nitrogen and oxygen atoms in total. The molecule has 0 saturated heterocycles. The van der Waals surface area contributed by atoms with Crippen molar-refractivity contribution in [3.8, 4) is 23.0 Å². The monoisotopic (exact) mass is 468 g/mol. The van der Waals surface area contributed by atoms with E-state index in [9.17, 15) is 14.7 Å². The van der Waals surface area contributed by atoms with E-state index < -0.39 is 0 Å². The summed E-state index contributed by atoms with van der Waals surface area (Å²) in [4.78, 5) is 23.6. The maximum absolute atomic E-state index is 11.9. The average molecular weight is 469 g/mol. The van der Waals surface area contributed by atoms with Crippen LogP contribution in [0, 0.1) is 0 Å². The number of hydrogen-bond acceptors (Lipinski definition) is 6. The molecule has 1 atom stereocenters. The number of carbonyl (C=O) groups excluding carboxylic acids is 2. The van der Waals surface area contributed by atoms with Crippen molar-refractivity contribution in [1.29, 1.82) is 0 Å². The van der Waals surface area contributed by atoms with Crippen LogP contribution in [-0.4, -0.2) is 36.0 Å². The van der Waals surface area contributed by atoms with Gasteiger partial charge in [0.2, 0.25) is 0 Å². The summed E-state index contributed by atoms with van der Waals surface area (Å²) < 4.78 is 18.1. The molecule has 0 fully saturated rings. The zero-order valence-electron chi connectivity index (χ0n) is 20.7. The van der Waals surface area contributed by atoms with Gasteiger partial charge < -0.3 is 19.3 Å². The van der Waals surface area contributed by atoms with E-state index in [0.29, 0.717) is 49.4 Å². The molecule has 3 rings (SSSR count). The molecule has 0 aromatic heterocycles. The molecule has 0 aliphatic carbocycles. The minimum atomic E-state index is -0.380. The Balaban J connectivity index is 1.63. The predicted molar refractivity (Wildman–Crippen MR) is 132 cm³/mol. The second-order valence-corrected chi connectivity index (χ2v) is 8.83. The van der Waals surface area contributed by atoms with Crippen LogP contribution in [0.1, 0.15) is 80.4 Å². The number of phenolic OH excluding ortho intramolecular Hbond substituents is 1. The highest BCUT2D eigenvalue weighted by molar-refractivity contribution is 5.97. The molecule has 0 radical (unpaired) electrons. The SMILES string of the molecule is CCCc1c(OCCCOc2ccc3c(c2CCC)OC(C(C)=O)CC3)ccc(C(C)=O)c1O. The van der Waals surface area contributed by atoms with Crippen LogP contribution in [0.5, 0.6) is 23.0 Å². The zero-order chi connectivity index (χ0) is 24.7. The van der Waals surface area contributed by atoms with Gasteiger partial charge in [0.1, 0.15) is 23.0 Å². The van der Waals surface area contributed by atoms with Gasteiger partial charge in [-0.15, -0.1) is 0 Å². The maximum atomic E-state index is 11.9. The van der Waals surface area contributed by atoms with Crippen LogP contribution >= 0.6 is 0 Å². The van der Waals surface area contributed by atoms with Crippen molar-refractivity contribution in [2.75, 3.05) is 13.2 Å². The lowest BCUT2D eigenvalue weighted by molar-refractivity contribution is -0.124. The summed E-state index contributed by atoms with van der Waals surface area (Å²) in [5.41, 5.74) is 3.16. The lowest BCUT2D eigenvalue weighted by Gasteiger charge is -2.27. The quantitative estimate of drug-likeness (QED) is 0.321. The Morgan fingerprint density at radius 2 is 1.59 bits per heavy atom. The van der Waals surface area contributed by atoms with E-state index >= 15 is 0 Å². The lowest BCUT2D eigenvalue weighted by Crippen LogP contribution is -2.30. The maximum Gasteiger partial charge on any atom is 0.170 e. The molecule has 0 amide bonds. The Kier molecular flexibility index (Phi) is 8.97. The molecule has 1 unspecified atom stereocenters. The molecule has 2 aromatic carbocycles. The number of aryl methyl sites for hydroxylation is 1. The van der Waals surface area contributed by atoms with Gasteiger partial charge in [-0.05, 0) is 63.3 Å². The van der Waals surface area contributed by atoms with Crippen molar-refractivity contribution in [1.82, 2.24) is 0 Å². The molecule has 1 aliphatic heterocycles. The second kappa shape index (κ2) is 11.9.